The Balaban J connectivity index is 2.43. The van der Waals surface area contributed by atoms with E-state index in [1.807, 2.05) is 20.8 Å². The van der Waals surface area contributed by atoms with Crippen molar-refractivity contribution in [3.63, 3.8) is 0 Å². The number of aliphatic hydroxyl groups excluding tert-OH is 1. The van der Waals surface area contributed by atoms with Gasteiger partial charge >= 0.3 is 6.09 Å². The van der Waals surface area contributed by atoms with E-state index in [1.165, 1.54) is 7.11 Å². The second-order valence-electron chi connectivity index (χ2n) is 6.19. The molecular formula is C14H27NO4. The van der Waals surface area contributed by atoms with E-state index in [0.29, 0.717) is 18.9 Å². The Kier molecular flexibility index (Phi) is 6.07. The molecule has 1 heterocycles. The molecule has 0 aliphatic carbocycles. The van der Waals surface area contributed by atoms with Gasteiger partial charge in [0, 0.05) is 26.6 Å². The molecule has 1 N–H and O–H groups in total. The van der Waals surface area contributed by atoms with Crippen molar-refractivity contribution in [2.45, 2.75) is 58.3 Å². The van der Waals surface area contributed by atoms with Crippen LogP contribution in [0.1, 0.15) is 46.5 Å². The van der Waals surface area contributed by atoms with E-state index >= 15 is 0 Å². The maximum Gasteiger partial charge on any atom is 0.410 e. The highest BCUT2D eigenvalue weighted by atomic mass is 16.6. The van der Waals surface area contributed by atoms with Crippen LogP contribution in [-0.4, -0.2) is 48.2 Å². The maximum absolute atomic E-state index is 12.0. The lowest BCUT2D eigenvalue weighted by Gasteiger charge is -2.26. The number of rotatable bonds is 3. The molecule has 0 aromatic rings. The third kappa shape index (κ3) is 6.25. The Morgan fingerprint density at radius 3 is 2.63 bits per heavy atom. The number of nitrogens with zero attached hydrogens (tertiary/aromatic N) is 1. The summed E-state index contributed by atoms with van der Waals surface area (Å²) in [4.78, 5) is 13.7. The molecule has 1 aliphatic heterocycles. The SMILES string of the molecule is COC(O)CC1CCCN(C(=O)OC(C)(C)C)CC1. The Labute approximate surface area is 115 Å². The summed E-state index contributed by atoms with van der Waals surface area (Å²) >= 11 is 0. The first kappa shape index (κ1) is 16.2. The van der Waals surface area contributed by atoms with E-state index in [2.05, 4.69) is 0 Å². The number of methoxy groups -OCH3 is 1. The van der Waals surface area contributed by atoms with Crippen LogP contribution in [0.15, 0.2) is 0 Å². The molecule has 2 unspecified atom stereocenters. The number of likely N-dealkylation sites (tertiary alicyclic amines) is 1. The van der Waals surface area contributed by atoms with Crippen molar-refractivity contribution in [3.05, 3.63) is 0 Å². The molecule has 0 radical (unpaired) electrons. The fourth-order valence-corrected chi connectivity index (χ4v) is 2.29. The van der Waals surface area contributed by atoms with Gasteiger partial charge in [-0.05, 0) is 46.0 Å². The Morgan fingerprint density at radius 1 is 1.37 bits per heavy atom. The lowest BCUT2D eigenvalue weighted by molar-refractivity contribution is -0.0880. The lowest BCUT2D eigenvalue weighted by Crippen LogP contribution is -2.37. The van der Waals surface area contributed by atoms with Crippen LogP contribution < -0.4 is 0 Å². The van der Waals surface area contributed by atoms with E-state index < -0.39 is 11.9 Å². The minimum atomic E-state index is -0.696. The number of amides is 1. The fraction of sp³-hybridized carbons (Fsp3) is 0.929. The molecule has 19 heavy (non-hydrogen) atoms. The normalized spacial score (nSPS) is 22.8. The van der Waals surface area contributed by atoms with Crippen molar-refractivity contribution >= 4 is 6.09 Å². The lowest BCUT2D eigenvalue weighted by atomic mass is 9.97. The zero-order valence-corrected chi connectivity index (χ0v) is 12.5. The predicted octanol–water partition coefficient (Wildman–Crippen LogP) is 2.38. The van der Waals surface area contributed by atoms with Crippen molar-refractivity contribution in [2.75, 3.05) is 20.2 Å². The quantitative estimate of drug-likeness (QED) is 0.802. The summed E-state index contributed by atoms with van der Waals surface area (Å²) in [7, 11) is 1.51. The minimum absolute atomic E-state index is 0.236. The number of ether oxygens (including phenoxy) is 2. The number of hydrogen-bond donors (Lipinski definition) is 1. The zero-order chi connectivity index (χ0) is 14.5. The van der Waals surface area contributed by atoms with Gasteiger partial charge in [-0.3, -0.25) is 0 Å². The third-order valence-corrected chi connectivity index (χ3v) is 3.31. The molecule has 1 saturated heterocycles. The summed E-state index contributed by atoms with van der Waals surface area (Å²) in [5.41, 5.74) is -0.449. The maximum atomic E-state index is 12.0. The highest BCUT2D eigenvalue weighted by Crippen LogP contribution is 2.23. The van der Waals surface area contributed by atoms with E-state index in [4.69, 9.17) is 9.47 Å². The summed E-state index contributed by atoms with van der Waals surface area (Å²) < 4.78 is 10.3. The molecule has 5 heteroatoms. The van der Waals surface area contributed by atoms with Gasteiger partial charge in [0.05, 0.1) is 0 Å². The number of hydrogen-bond acceptors (Lipinski definition) is 4. The van der Waals surface area contributed by atoms with Crippen LogP contribution >= 0.6 is 0 Å². The van der Waals surface area contributed by atoms with Crippen LogP contribution in [0.3, 0.4) is 0 Å². The molecule has 0 bridgehead atoms. The summed E-state index contributed by atoms with van der Waals surface area (Å²) in [6.07, 6.45) is 2.55. The van der Waals surface area contributed by atoms with Gasteiger partial charge in [-0.2, -0.15) is 0 Å². The van der Waals surface area contributed by atoms with E-state index in [9.17, 15) is 9.90 Å². The van der Waals surface area contributed by atoms with Crippen molar-refractivity contribution in [3.8, 4) is 0 Å². The summed E-state index contributed by atoms with van der Waals surface area (Å²) in [5.74, 6) is 0.405. The van der Waals surface area contributed by atoms with Gasteiger partial charge in [-0.25, -0.2) is 4.79 Å². The van der Waals surface area contributed by atoms with Crippen LogP contribution in [0.4, 0.5) is 4.79 Å². The molecule has 1 fully saturated rings. The Bertz CT molecular complexity index is 288. The molecule has 1 aliphatic rings. The fourth-order valence-electron chi connectivity index (χ4n) is 2.29. The van der Waals surface area contributed by atoms with Crippen molar-refractivity contribution < 1.29 is 19.4 Å². The first-order chi connectivity index (χ1) is 8.81. The second-order valence-corrected chi connectivity index (χ2v) is 6.19. The van der Waals surface area contributed by atoms with Crippen LogP contribution in [0.25, 0.3) is 0 Å². The number of carbonyl (C=O) groups excluding carboxylic acids is 1. The first-order valence-electron chi connectivity index (χ1n) is 7.00. The van der Waals surface area contributed by atoms with Gasteiger partial charge in [0.25, 0.3) is 0 Å². The van der Waals surface area contributed by atoms with E-state index in [0.717, 1.165) is 25.8 Å². The Hall–Kier alpha value is -0.810. The largest absolute Gasteiger partial charge is 0.444 e. The molecule has 5 nitrogen and oxygen atoms in total. The number of carbonyl (C=O) groups is 1. The molecule has 1 rings (SSSR count). The minimum Gasteiger partial charge on any atom is -0.444 e. The molecule has 0 saturated carbocycles. The van der Waals surface area contributed by atoms with E-state index in [1.54, 1.807) is 4.90 Å². The summed E-state index contributed by atoms with van der Waals surface area (Å²) in [6, 6.07) is 0. The Morgan fingerprint density at radius 2 is 2.05 bits per heavy atom. The molecular weight excluding hydrogens is 246 g/mol. The highest BCUT2D eigenvalue weighted by molar-refractivity contribution is 5.68. The molecule has 0 spiro atoms. The average molecular weight is 273 g/mol. The summed E-state index contributed by atoms with van der Waals surface area (Å²) in [5, 5.41) is 9.50. The monoisotopic (exact) mass is 273 g/mol. The zero-order valence-electron chi connectivity index (χ0n) is 12.5. The third-order valence-electron chi connectivity index (χ3n) is 3.31. The van der Waals surface area contributed by atoms with Gasteiger partial charge < -0.3 is 19.5 Å². The van der Waals surface area contributed by atoms with Crippen molar-refractivity contribution in [1.29, 1.82) is 0 Å². The van der Waals surface area contributed by atoms with Crippen molar-refractivity contribution in [2.24, 2.45) is 5.92 Å². The topological polar surface area (TPSA) is 59.0 Å². The van der Waals surface area contributed by atoms with Gasteiger partial charge in [0.1, 0.15) is 5.60 Å². The van der Waals surface area contributed by atoms with Gasteiger partial charge in [0.15, 0.2) is 6.29 Å². The molecule has 1 amide bonds. The number of aliphatic hydroxyl groups is 1. The summed E-state index contributed by atoms with van der Waals surface area (Å²) in [6.45, 7) is 7.05. The van der Waals surface area contributed by atoms with Crippen LogP contribution in [0.2, 0.25) is 0 Å². The molecule has 112 valence electrons. The van der Waals surface area contributed by atoms with Crippen LogP contribution in [0.5, 0.6) is 0 Å². The molecule has 2 atom stereocenters. The van der Waals surface area contributed by atoms with Gasteiger partial charge in [0.2, 0.25) is 0 Å². The molecule has 0 aromatic heterocycles. The molecule has 0 aromatic carbocycles. The van der Waals surface area contributed by atoms with E-state index in [-0.39, 0.29) is 6.09 Å². The van der Waals surface area contributed by atoms with Crippen LogP contribution in [0, 0.1) is 5.92 Å². The standard InChI is InChI=1S/C14H27NO4/c1-14(2,3)19-13(17)15-8-5-6-11(7-9-15)10-12(16)18-4/h11-12,16H,5-10H2,1-4H3. The first-order valence-corrected chi connectivity index (χ1v) is 7.00. The van der Waals surface area contributed by atoms with Crippen molar-refractivity contribution in [1.82, 2.24) is 4.90 Å². The highest BCUT2D eigenvalue weighted by Gasteiger charge is 2.25. The van der Waals surface area contributed by atoms with Crippen LogP contribution in [-0.2, 0) is 9.47 Å². The average Bonchev–Trinajstić information content (AvgIpc) is 2.52. The van der Waals surface area contributed by atoms with Gasteiger partial charge in [-0.15, -0.1) is 0 Å². The second kappa shape index (κ2) is 7.10. The van der Waals surface area contributed by atoms with Gasteiger partial charge in [-0.1, -0.05) is 0 Å². The smallest absolute Gasteiger partial charge is 0.410 e. The predicted molar refractivity (Wildman–Crippen MR) is 72.8 cm³/mol.